The molecular formula is C18H28N4. The van der Waals surface area contributed by atoms with E-state index in [1.165, 1.54) is 11.3 Å². The molecule has 1 unspecified atom stereocenters. The van der Waals surface area contributed by atoms with Crippen LogP contribution in [0.2, 0.25) is 0 Å². The predicted molar refractivity (Wildman–Crippen MR) is 93.2 cm³/mol. The third-order valence-corrected chi connectivity index (χ3v) is 4.13. The lowest BCUT2D eigenvalue weighted by atomic mass is 10.1. The van der Waals surface area contributed by atoms with Crippen molar-refractivity contribution in [3.05, 3.63) is 48.0 Å². The lowest BCUT2D eigenvalue weighted by molar-refractivity contribution is 0.177. The number of para-hydroxylation sites is 1. The van der Waals surface area contributed by atoms with E-state index in [-0.39, 0.29) is 0 Å². The molecule has 1 aromatic heterocycles. The van der Waals surface area contributed by atoms with E-state index in [4.69, 9.17) is 0 Å². The Balaban J connectivity index is 0.000000847. The Morgan fingerprint density at radius 1 is 1.23 bits per heavy atom. The van der Waals surface area contributed by atoms with E-state index in [9.17, 15) is 0 Å². The molecule has 1 N–H and O–H groups in total. The van der Waals surface area contributed by atoms with Gasteiger partial charge in [-0.05, 0) is 25.5 Å². The van der Waals surface area contributed by atoms with Gasteiger partial charge in [0.05, 0.1) is 6.54 Å². The molecule has 120 valence electrons. The second-order valence-electron chi connectivity index (χ2n) is 5.59. The first-order chi connectivity index (χ1) is 10.7. The fraction of sp³-hybridized carbons (Fsp3) is 0.500. The SMILES string of the molecule is CC.Cc1ccccc1N1CCN(Cc2ncc[nH]2)C(C)C1. The quantitative estimate of drug-likeness (QED) is 0.943. The molecular weight excluding hydrogens is 272 g/mol. The summed E-state index contributed by atoms with van der Waals surface area (Å²) in [5.41, 5.74) is 2.73. The average molecular weight is 300 g/mol. The standard InChI is InChI=1S/C16H22N4.C2H6/c1-13-5-3-4-6-15(13)20-10-9-19(14(2)11-20)12-16-17-7-8-18-16;1-2/h3-8,14H,9-12H2,1-2H3,(H,17,18);1-2H3. The molecule has 1 fully saturated rings. The van der Waals surface area contributed by atoms with Crippen LogP contribution < -0.4 is 4.90 Å². The predicted octanol–water partition coefficient (Wildman–Crippen LogP) is 3.46. The van der Waals surface area contributed by atoms with Gasteiger partial charge in [0.2, 0.25) is 0 Å². The minimum absolute atomic E-state index is 0.536. The zero-order valence-corrected chi connectivity index (χ0v) is 14.2. The van der Waals surface area contributed by atoms with Crippen molar-refractivity contribution in [2.75, 3.05) is 24.5 Å². The molecule has 0 spiro atoms. The second-order valence-corrected chi connectivity index (χ2v) is 5.59. The van der Waals surface area contributed by atoms with Crippen LogP contribution in [0.15, 0.2) is 36.7 Å². The molecule has 2 aromatic rings. The Morgan fingerprint density at radius 3 is 2.64 bits per heavy atom. The monoisotopic (exact) mass is 300 g/mol. The van der Waals surface area contributed by atoms with Gasteiger partial charge in [-0.3, -0.25) is 4.90 Å². The second kappa shape index (κ2) is 7.99. The van der Waals surface area contributed by atoms with Crippen molar-refractivity contribution in [3.8, 4) is 0 Å². The summed E-state index contributed by atoms with van der Waals surface area (Å²) in [5.74, 6) is 1.06. The van der Waals surface area contributed by atoms with Crippen LogP contribution in [-0.2, 0) is 6.54 Å². The van der Waals surface area contributed by atoms with E-state index in [1.54, 1.807) is 0 Å². The lowest BCUT2D eigenvalue weighted by Crippen LogP contribution is -2.51. The van der Waals surface area contributed by atoms with Gasteiger partial charge in [0, 0.05) is 43.8 Å². The molecule has 2 heterocycles. The summed E-state index contributed by atoms with van der Waals surface area (Å²) in [6.45, 7) is 12.6. The van der Waals surface area contributed by atoms with Crippen molar-refractivity contribution < 1.29 is 0 Å². The smallest absolute Gasteiger partial charge is 0.120 e. The van der Waals surface area contributed by atoms with Crippen molar-refractivity contribution >= 4 is 5.69 Å². The molecule has 0 aliphatic carbocycles. The van der Waals surface area contributed by atoms with E-state index in [0.29, 0.717) is 6.04 Å². The first-order valence-corrected chi connectivity index (χ1v) is 8.27. The van der Waals surface area contributed by atoms with Crippen LogP contribution in [0.1, 0.15) is 32.2 Å². The molecule has 0 amide bonds. The van der Waals surface area contributed by atoms with Crippen LogP contribution >= 0.6 is 0 Å². The number of aromatic nitrogens is 2. The summed E-state index contributed by atoms with van der Waals surface area (Å²) in [4.78, 5) is 12.5. The molecule has 0 saturated carbocycles. The molecule has 1 saturated heterocycles. The molecule has 1 aliphatic rings. The molecule has 0 radical (unpaired) electrons. The Labute approximate surface area is 134 Å². The van der Waals surface area contributed by atoms with E-state index in [0.717, 1.165) is 32.0 Å². The van der Waals surface area contributed by atoms with Gasteiger partial charge < -0.3 is 9.88 Å². The van der Waals surface area contributed by atoms with Gasteiger partial charge in [0.15, 0.2) is 0 Å². The summed E-state index contributed by atoms with van der Waals surface area (Å²) < 4.78 is 0. The highest BCUT2D eigenvalue weighted by Gasteiger charge is 2.24. The van der Waals surface area contributed by atoms with Crippen LogP contribution in [0, 0.1) is 6.92 Å². The van der Waals surface area contributed by atoms with Gasteiger partial charge in [-0.2, -0.15) is 0 Å². The number of anilines is 1. The van der Waals surface area contributed by atoms with Crippen LogP contribution in [0.4, 0.5) is 5.69 Å². The first kappa shape index (κ1) is 16.6. The maximum atomic E-state index is 4.33. The summed E-state index contributed by atoms with van der Waals surface area (Å²) >= 11 is 0. The van der Waals surface area contributed by atoms with Gasteiger partial charge in [-0.1, -0.05) is 32.0 Å². The van der Waals surface area contributed by atoms with Crippen LogP contribution in [0.3, 0.4) is 0 Å². The van der Waals surface area contributed by atoms with Crippen molar-refractivity contribution in [3.63, 3.8) is 0 Å². The minimum atomic E-state index is 0.536. The average Bonchev–Trinajstić information content (AvgIpc) is 3.05. The van der Waals surface area contributed by atoms with Gasteiger partial charge in [0.1, 0.15) is 5.82 Å². The fourth-order valence-electron chi connectivity index (χ4n) is 2.94. The Hall–Kier alpha value is -1.81. The van der Waals surface area contributed by atoms with Crippen molar-refractivity contribution in [2.24, 2.45) is 0 Å². The number of benzene rings is 1. The third kappa shape index (κ3) is 3.89. The number of aromatic amines is 1. The molecule has 1 aromatic carbocycles. The van der Waals surface area contributed by atoms with E-state index in [2.05, 4.69) is 57.9 Å². The van der Waals surface area contributed by atoms with Crippen molar-refractivity contribution in [2.45, 2.75) is 40.3 Å². The van der Waals surface area contributed by atoms with Crippen molar-refractivity contribution in [1.82, 2.24) is 14.9 Å². The largest absolute Gasteiger partial charge is 0.368 e. The summed E-state index contributed by atoms with van der Waals surface area (Å²) in [6, 6.07) is 9.19. The number of H-pyrrole nitrogens is 1. The minimum Gasteiger partial charge on any atom is -0.368 e. The Kier molecular flexibility index (Phi) is 6.01. The Morgan fingerprint density at radius 2 is 2.00 bits per heavy atom. The van der Waals surface area contributed by atoms with Gasteiger partial charge in [0.25, 0.3) is 0 Å². The summed E-state index contributed by atoms with van der Waals surface area (Å²) in [6.07, 6.45) is 3.72. The number of rotatable bonds is 3. The Bertz CT molecular complexity index is 550. The zero-order valence-electron chi connectivity index (χ0n) is 14.2. The molecule has 22 heavy (non-hydrogen) atoms. The number of piperazine rings is 1. The number of hydrogen-bond acceptors (Lipinski definition) is 3. The molecule has 1 atom stereocenters. The molecule has 0 bridgehead atoms. The van der Waals surface area contributed by atoms with Gasteiger partial charge in [-0.25, -0.2) is 4.98 Å². The topological polar surface area (TPSA) is 35.2 Å². The highest BCUT2D eigenvalue weighted by atomic mass is 15.3. The van der Waals surface area contributed by atoms with Crippen LogP contribution in [0.5, 0.6) is 0 Å². The maximum Gasteiger partial charge on any atom is 0.120 e. The third-order valence-electron chi connectivity index (χ3n) is 4.13. The molecule has 4 nitrogen and oxygen atoms in total. The molecule has 4 heteroatoms. The van der Waals surface area contributed by atoms with Crippen LogP contribution in [0.25, 0.3) is 0 Å². The van der Waals surface area contributed by atoms with E-state index >= 15 is 0 Å². The summed E-state index contributed by atoms with van der Waals surface area (Å²) in [5, 5.41) is 0. The number of imidazole rings is 1. The number of nitrogens with one attached hydrogen (secondary N) is 1. The van der Waals surface area contributed by atoms with Crippen LogP contribution in [-0.4, -0.2) is 40.5 Å². The number of aryl methyl sites for hydroxylation is 1. The normalized spacial score (nSPS) is 18.7. The van der Waals surface area contributed by atoms with Crippen molar-refractivity contribution in [1.29, 1.82) is 0 Å². The molecule has 3 rings (SSSR count). The van der Waals surface area contributed by atoms with Gasteiger partial charge in [-0.15, -0.1) is 0 Å². The zero-order chi connectivity index (χ0) is 15.9. The highest BCUT2D eigenvalue weighted by Crippen LogP contribution is 2.23. The highest BCUT2D eigenvalue weighted by molar-refractivity contribution is 5.53. The lowest BCUT2D eigenvalue weighted by Gasteiger charge is -2.41. The molecule has 1 aliphatic heterocycles. The number of hydrogen-bond donors (Lipinski definition) is 1. The fourth-order valence-corrected chi connectivity index (χ4v) is 2.94. The first-order valence-electron chi connectivity index (χ1n) is 8.27. The van der Waals surface area contributed by atoms with E-state index < -0.39 is 0 Å². The van der Waals surface area contributed by atoms with Gasteiger partial charge >= 0.3 is 0 Å². The summed E-state index contributed by atoms with van der Waals surface area (Å²) in [7, 11) is 0. The maximum absolute atomic E-state index is 4.33. The number of nitrogens with zero attached hydrogens (tertiary/aromatic N) is 3. The van der Waals surface area contributed by atoms with E-state index in [1.807, 2.05) is 26.2 Å².